The molecule has 1 unspecified atom stereocenters. The number of likely N-dealkylation sites (tertiary alicyclic amines) is 1. The van der Waals surface area contributed by atoms with Gasteiger partial charge in [0.15, 0.2) is 0 Å². The standard InChI is InChI=1S/C27H33NO4/c1-7-14-28-24(19-10-8-18(9-11-19)16(2)3)23(26(30)27(28)31)25(29)20-12-13-22(32-6)21(15-20)17(4)5/h8-13,15-17,24,29H,7,14H2,1-6H3/b25-23-. The monoisotopic (exact) mass is 435 g/mol. The maximum atomic E-state index is 13.1. The lowest BCUT2D eigenvalue weighted by Gasteiger charge is -2.25. The SMILES string of the molecule is CCCN1C(=O)C(=O)/C(=C(\O)c2ccc(OC)c(C(C)C)c2)C1c1ccc(C(C)C)cc1. The fourth-order valence-electron chi connectivity index (χ4n) is 4.25. The van der Waals surface area contributed by atoms with Crippen LogP contribution in [0.2, 0.25) is 0 Å². The molecule has 32 heavy (non-hydrogen) atoms. The summed E-state index contributed by atoms with van der Waals surface area (Å²) in [4.78, 5) is 27.5. The molecule has 2 aromatic rings. The third-order valence-corrected chi connectivity index (χ3v) is 6.05. The molecule has 1 atom stereocenters. The predicted octanol–water partition coefficient (Wildman–Crippen LogP) is 5.77. The Morgan fingerprint density at radius 3 is 2.22 bits per heavy atom. The summed E-state index contributed by atoms with van der Waals surface area (Å²) in [5.74, 6) is -0.0904. The van der Waals surface area contributed by atoms with E-state index in [0.29, 0.717) is 24.4 Å². The Morgan fingerprint density at radius 2 is 1.69 bits per heavy atom. The summed E-state index contributed by atoms with van der Waals surface area (Å²) in [6, 6.07) is 12.7. The van der Waals surface area contributed by atoms with Gasteiger partial charge >= 0.3 is 0 Å². The average Bonchev–Trinajstić information content (AvgIpc) is 3.03. The first-order chi connectivity index (χ1) is 15.2. The molecule has 1 amide bonds. The number of aliphatic hydroxyl groups is 1. The van der Waals surface area contributed by atoms with E-state index in [9.17, 15) is 14.7 Å². The number of hydrogen-bond donors (Lipinski definition) is 1. The van der Waals surface area contributed by atoms with Crippen molar-refractivity contribution in [3.05, 3.63) is 70.3 Å². The van der Waals surface area contributed by atoms with E-state index in [1.54, 1.807) is 24.1 Å². The molecule has 170 valence electrons. The molecule has 0 spiro atoms. The normalized spacial score (nSPS) is 18.1. The second kappa shape index (κ2) is 9.60. The molecule has 1 fully saturated rings. The van der Waals surface area contributed by atoms with Gasteiger partial charge in [-0.05, 0) is 53.1 Å². The summed E-state index contributed by atoms with van der Waals surface area (Å²) in [6.45, 7) is 10.7. The Labute approximate surface area is 190 Å². The number of benzene rings is 2. The number of aliphatic hydroxyl groups excluding tert-OH is 1. The molecule has 3 rings (SSSR count). The first-order valence-electron chi connectivity index (χ1n) is 11.3. The number of ether oxygens (including phenoxy) is 1. The Morgan fingerprint density at radius 1 is 1.03 bits per heavy atom. The van der Waals surface area contributed by atoms with Crippen molar-refractivity contribution < 1.29 is 19.4 Å². The van der Waals surface area contributed by atoms with E-state index >= 15 is 0 Å². The number of carbonyl (C=O) groups excluding carboxylic acids is 2. The summed E-state index contributed by atoms with van der Waals surface area (Å²) in [7, 11) is 1.61. The van der Waals surface area contributed by atoms with E-state index in [1.807, 2.05) is 51.1 Å². The molecule has 2 aromatic carbocycles. The van der Waals surface area contributed by atoms with E-state index in [4.69, 9.17) is 4.74 Å². The molecule has 1 saturated heterocycles. The maximum absolute atomic E-state index is 13.1. The second-order valence-electron chi connectivity index (χ2n) is 8.93. The molecule has 0 aromatic heterocycles. The topological polar surface area (TPSA) is 66.8 Å². The van der Waals surface area contributed by atoms with Crippen molar-refractivity contribution in [3.63, 3.8) is 0 Å². The van der Waals surface area contributed by atoms with Gasteiger partial charge in [0.25, 0.3) is 11.7 Å². The van der Waals surface area contributed by atoms with Crippen molar-refractivity contribution in [1.29, 1.82) is 0 Å². The highest BCUT2D eigenvalue weighted by molar-refractivity contribution is 6.46. The van der Waals surface area contributed by atoms with Crippen LogP contribution >= 0.6 is 0 Å². The van der Waals surface area contributed by atoms with Gasteiger partial charge in [0.05, 0.1) is 18.7 Å². The number of carbonyl (C=O) groups is 2. The van der Waals surface area contributed by atoms with Crippen molar-refractivity contribution in [2.75, 3.05) is 13.7 Å². The number of methoxy groups -OCH3 is 1. The van der Waals surface area contributed by atoms with E-state index in [2.05, 4.69) is 13.8 Å². The predicted molar refractivity (Wildman–Crippen MR) is 127 cm³/mol. The molecule has 5 heteroatoms. The van der Waals surface area contributed by atoms with E-state index in [0.717, 1.165) is 16.9 Å². The Hall–Kier alpha value is -3.08. The zero-order valence-electron chi connectivity index (χ0n) is 19.8. The van der Waals surface area contributed by atoms with Crippen LogP contribution in [-0.4, -0.2) is 35.4 Å². The number of rotatable bonds is 7. The van der Waals surface area contributed by atoms with Gasteiger partial charge in [-0.1, -0.05) is 58.9 Å². The van der Waals surface area contributed by atoms with Crippen molar-refractivity contribution >= 4 is 17.4 Å². The quantitative estimate of drug-likeness (QED) is 0.340. The van der Waals surface area contributed by atoms with Crippen LogP contribution in [0, 0.1) is 0 Å². The van der Waals surface area contributed by atoms with Crippen LogP contribution in [0.15, 0.2) is 48.0 Å². The summed E-state index contributed by atoms with van der Waals surface area (Å²) < 4.78 is 5.45. The molecule has 0 bridgehead atoms. The minimum atomic E-state index is -0.643. The van der Waals surface area contributed by atoms with Crippen molar-refractivity contribution in [2.24, 2.45) is 0 Å². The number of hydrogen-bond acceptors (Lipinski definition) is 4. The third kappa shape index (κ3) is 4.29. The Bertz CT molecular complexity index is 1030. The van der Waals surface area contributed by atoms with Crippen molar-refractivity contribution in [3.8, 4) is 5.75 Å². The first-order valence-corrected chi connectivity index (χ1v) is 11.3. The van der Waals surface area contributed by atoms with Crippen LogP contribution < -0.4 is 4.74 Å². The van der Waals surface area contributed by atoms with Crippen LogP contribution in [0.3, 0.4) is 0 Å². The van der Waals surface area contributed by atoms with Gasteiger partial charge in [0, 0.05) is 12.1 Å². The molecular weight excluding hydrogens is 402 g/mol. The minimum Gasteiger partial charge on any atom is -0.507 e. The summed E-state index contributed by atoms with van der Waals surface area (Å²) in [5.41, 5.74) is 3.57. The average molecular weight is 436 g/mol. The molecule has 1 aliphatic heterocycles. The Kier molecular flexibility index (Phi) is 7.07. The fourth-order valence-corrected chi connectivity index (χ4v) is 4.25. The van der Waals surface area contributed by atoms with Gasteiger partial charge in [0.2, 0.25) is 0 Å². The third-order valence-electron chi connectivity index (χ3n) is 6.05. The van der Waals surface area contributed by atoms with Gasteiger partial charge in [-0.15, -0.1) is 0 Å². The number of Topliss-reactive ketones (excluding diaryl/α,β-unsaturated/α-hetero) is 1. The van der Waals surface area contributed by atoms with Gasteiger partial charge in [-0.2, -0.15) is 0 Å². The molecule has 0 saturated carbocycles. The van der Waals surface area contributed by atoms with Crippen LogP contribution in [-0.2, 0) is 9.59 Å². The van der Waals surface area contributed by atoms with Gasteiger partial charge < -0.3 is 14.7 Å². The van der Waals surface area contributed by atoms with Crippen LogP contribution in [0.1, 0.15) is 81.2 Å². The minimum absolute atomic E-state index is 0.139. The van der Waals surface area contributed by atoms with E-state index in [-0.39, 0.29) is 17.3 Å². The smallest absolute Gasteiger partial charge is 0.295 e. The summed E-state index contributed by atoms with van der Waals surface area (Å²) >= 11 is 0. The van der Waals surface area contributed by atoms with Gasteiger partial charge in [-0.25, -0.2) is 0 Å². The highest BCUT2D eigenvalue weighted by atomic mass is 16.5. The van der Waals surface area contributed by atoms with E-state index < -0.39 is 17.7 Å². The zero-order valence-corrected chi connectivity index (χ0v) is 19.8. The lowest BCUT2D eigenvalue weighted by atomic mass is 9.92. The molecule has 0 aliphatic carbocycles. The van der Waals surface area contributed by atoms with Crippen LogP contribution in [0.4, 0.5) is 0 Å². The molecule has 1 heterocycles. The first kappa shape index (κ1) is 23.6. The lowest BCUT2D eigenvalue weighted by molar-refractivity contribution is -0.139. The zero-order chi connectivity index (χ0) is 23.6. The molecule has 1 aliphatic rings. The lowest BCUT2D eigenvalue weighted by Crippen LogP contribution is -2.30. The number of amides is 1. The highest BCUT2D eigenvalue weighted by Crippen LogP contribution is 2.40. The number of ketones is 1. The Balaban J connectivity index is 2.18. The summed E-state index contributed by atoms with van der Waals surface area (Å²) in [6.07, 6.45) is 0.716. The number of nitrogens with zero attached hydrogens (tertiary/aromatic N) is 1. The van der Waals surface area contributed by atoms with Crippen LogP contribution in [0.5, 0.6) is 5.75 Å². The second-order valence-corrected chi connectivity index (χ2v) is 8.93. The molecule has 5 nitrogen and oxygen atoms in total. The summed E-state index contributed by atoms with van der Waals surface area (Å²) in [5, 5.41) is 11.3. The molecule has 1 N–H and O–H groups in total. The van der Waals surface area contributed by atoms with Crippen molar-refractivity contribution in [2.45, 2.75) is 58.9 Å². The largest absolute Gasteiger partial charge is 0.507 e. The molecule has 0 radical (unpaired) electrons. The van der Waals surface area contributed by atoms with E-state index in [1.165, 1.54) is 5.56 Å². The maximum Gasteiger partial charge on any atom is 0.295 e. The fraction of sp³-hybridized carbons (Fsp3) is 0.407. The van der Waals surface area contributed by atoms with Gasteiger partial charge in [-0.3, -0.25) is 9.59 Å². The van der Waals surface area contributed by atoms with Crippen LogP contribution in [0.25, 0.3) is 5.76 Å². The molecular formula is C27H33NO4. The van der Waals surface area contributed by atoms with Crippen molar-refractivity contribution in [1.82, 2.24) is 4.90 Å². The highest BCUT2D eigenvalue weighted by Gasteiger charge is 2.45. The van der Waals surface area contributed by atoms with Gasteiger partial charge in [0.1, 0.15) is 11.5 Å².